The van der Waals surface area contributed by atoms with Gasteiger partial charge in [-0.05, 0) is 48.9 Å². The van der Waals surface area contributed by atoms with Gasteiger partial charge in [0.2, 0.25) is 11.8 Å². The topological polar surface area (TPSA) is 59.1 Å². The summed E-state index contributed by atoms with van der Waals surface area (Å²) in [5.74, 6) is -0.220. The lowest BCUT2D eigenvalue weighted by atomic mass is 10.1. The number of ether oxygens (including phenoxy) is 2. The van der Waals surface area contributed by atoms with Crippen LogP contribution in [-0.2, 0) is 16.1 Å². The average Bonchev–Trinajstić information content (AvgIpc) is 3.10. The molecule has 0 spiro atoms. The van der Waals surface area contributed by atoms with Crippen molar-refractivity contribution in [3.63, 3.8) is 0 Å². The molecule has 2 aromatic carbocycles. The largest absolute Gasteiger partial charge is 0.494 e. The van der Waals surface area contributed by atoms with Crippen LogP contribution < -0.4 is 14.4 Å². The maximum atomic E-state index is 13.9. The van der Waals surface area contributed by atoms with Gasteiger partial charge in [0.05, 0.1) is 19.6 Å². The van der Waals surface area contributed by atoms with Gasteiger partial charge in [-0.2, -0.15) is 0 Å². The number of hydrogen-bond acceptors (Lipinski definition) is 4. The lowest BCUT2D eigenvalue weighted by molar-refractivity contribution is -0.135. The van der Waals surface area contributed by atoms with E-state index in [-0.39, 0.29) is 30.5 Å². The van der Waals surface area contributed by atoms with E-state index < -0.39 is 11.7 Å². The zero-order chi connectivity index (χ0) is 21.0. The summed E-state index contributed by atoms with van der Waals surface area (Å²) in [7, 11) is 3.06. The highest BCUT2D eigenvalue weighted by Gasteiger charge is 2.36. The summed E-state index contributed by atoms with van der Waals surface area (Å²) in [6, 6.07) is 11.9. The van der Waals surface area contributed by atoms with Crippen molar-refractivity contribution in [1.82, 2.24) is 4.90 Å². The summed E-state index contributed by atoms with van der Waals surface area (Å²) >= 11 is 0. The van der Waals surface area contributed by atoms with Crippen LogP contribution >= 0.6 is 0 Å². The molecule has 1 aliphatic heterocycles. The number of rotatable bonds is 7. The van der Waals surface area contributed by atoms with Gasteiger partial charge >= 0.3 is 0 Å². The van der Waals surface area contributed by atoms with Crippen LogP contribution in [-0.4, -0.2) is 44.0 Å². The number of nitrogens with zero attached hydrogens (tertiary/aromatic N) is 2. The SMILES string of the molecule is CCOc1ccc(N2CC(C(=O)N(C)Cc3ccc(OC)c(F)c3)CC2=O)cc1. The molecular weight excluding hydrogens is 375 g/mol. The van der Waals surface area contributed by atoms with Crippen LogP contribution in [0.25, 0.3) is 0 Å². The number of methoxy groups -OCH3 is 1. The monoisotopic (exact) mass is 400 g/mol. The molecule has 7 heteroatoms. The van der Waals surface area contributed by atoms with Gasteiger partial charge in [-0.25, -0.2) is 4.39 Å². The van der Waals surface area contributed by atoms with Crippen molar-refractivity contribution >= 4 is 17.5 Å². The van der Waals surface area contributed by atoms with Gasteiger partial charge in [0.25, 0.3) is 0 Å². The van der Waals surface area contributed by atoms with Crippen molar-refractivity contribution < 1.29 is 23.5 Å². The quantitative estimate of drug-likeness (QED) is 0.716. The maximum absolute atomic E-state index is 13.9. The molecule has 6 nitrogen and oxygen atoms in total. The molecule has 2 aromatic rings. The summed E-state index contributed by atoms with van der Waals surface area (Å²) in [5.41, 5.74) is 1.40. The van der Waals surface area contributed by atoms with Gasteiger partial charge < -0.3 is 19.3 Å². The van der Waals surface area contributed by atoms with Gasteiger partial charge in [0.15, 0.2) is 11.6 Å². The number of amides is 2. The van der Waals surface area contributed by atoms with Crippen molar-refractivity contribution in [3.8, 4) is 11.5 Å². The molecule has 0 N–H and O–H groups in total. The maximum Gasteiger partial charge on any atom is 0.228 e. The first-order valence-electron chi connectivity index (χ1n) is 9.53. The number of carbonyl (C=O) groups excluding carboxylic acids is 2. The molecule has 1 aliphatic rings. The Morgan fingerprint density at radius 1 is 1.24 bits per heavy atom. The Morgan fingerprint density at radius 2 is 1.97 bits per heavy atom. The highest BCUT2D eigenvalue weighted by atomic mass is 19.1. The van der Waals surface area contributed by atoms with Gasteiger partial charge in [0, 0.05) is 32.2 Å². The van der Waals surface area contributed by atoms with Crippen LogP contribution in [0.4, 0.5) is 10.1 Å². The molecule has 29 heavy (non-hydrogen) atoms. The second kappa shape index (κ2) is 8.94. The molecule has 1 atom stereocenters. The van der Waals surface area contributed by atoms with Crippen LogP contribution in [0.5, 0.6) is 11.5 Å². The summed E-state index contributed by atoms with van der Waals surface area (Å²) < 4.78 is 24.2. The number of hydrogen-bond donors (Lipinski definition) is 0. The fourth-order valence-electron chi connectivity index (χ4n) is 3.48. The predicted molar refractivity (Wildman–Crippen MR) is 107 cm³/mol. The first-order valence-corrected chi connectivity index (χ1v) is 9.53. The molecule has 1 saturated heterocycles. The predicted octanol–water partition coefficient (Wildman–Crippen LogP) is 3.24. The Hall–Kier alpha value is -3.09. The molecule has 0 aromatic heterocycles. The molecule has 0 saturated carbocycles. The molecule has 0 bridgehead atoms. The molecule has 3 rings (SSSR count). The van der Waals surface area contributed by atoms with E-state index >= 15 is 0 Å². The van der Waals surface area contributed by atoms with Crippen LogP contribution in [0.2, 0.25) is 0 Å². The first-order chi connectivity index (χ1) is 13.9. The van der Waals surface area contributed by atoms with Crippen molar-refractivity contribution in [2.45, 2.75) is 19.9 Å². The molecule has 154 valence electrons. The zero-order valence-corrected chi connectivity index (χ0v) is 16.9. The highest BCUT2D eigenvalue weighted by Crippen LogP contribution is 2.28. The summed E-state index contributed by atoms with van der Waals surface area (Å²) in [6.45, 7) is 3.06. The van der Waals surface area contributed by atoms with Gasteiger partial charge in [0.1, 0.15) is 5.75 Å². The molecule has 1 unspecified atom stereocenters. The number of benzene rings is 2. The zero-order valence-electron chi connectivity index (χ0n) is 16.9. The van der Waals surface area contributed by atoms with Crippen molar-refractivity contribution in [3.05, 3.63) is 53.8 Å². The number of carbonyl (C=O) groups is 2. The standard InChI is InChI=1S/C22H25FN2O4/c1-4-29-18-8-6-17(7-9-18)25-14-16(12-21(25)26)22(27)24(2)13-15-5-10-20(28-3)19(23)11-15/h5-11,16H,4,12-14H2,1-3H3. The summed E-state index contributed by atoms with van der Waals surface area (Å²) in [4.78, 5) is 28.4. The molecule has 1 heterocycles. The summed E-state index contributed by atoms with van der Waals surface area (Å²) in [6.07, 6.45) is 0.160. The molecule has 0 radical (unpaired) electrons. The Balaban J connectivity index is 1.64. The van der Waals surface area contributed by atoms with E-state index in [9.17, 15) is 14.0 Å². The fourth-order valence-corrected chi connectivity index (χ4v) is 3.48. The second-order valence-electron chi connectivity index (χ2n) is 7.00. The Morgan fingerprint density at radius 3 is 2.59 bits per heavy atom. The van der Waals surface area contributed by atoms with E-state index in [0.717, 1.165) is 11.4 Å². The molecule has 1 fully saturated rings. The highest BCUT2D eigenvalue weighted by molar-refractivity contribution is 6.00. The molecule has 0 aliphatic carbocycles. The van der Waals surface area contributed by atoms with E-state index in [4.69, 9.17) is 9.47 Å². The summed E-state index contributed by atoms with van der Waals surface area (Å²) in [5, 5.41) is 0. The minimum absolute atomic E-state index is 0.0867. The molecule has 2 amide bonds. The van der Waals surface area contributed by atoms with E-state index in [2.05, 4.69) is 0 Å². The van der Waals surface area contributed by atoms with Crippen LogP contribution in [0.3, 0.4) is 0 Å². The van der Waals surface area contributed by atoms with Gasteiger partial charge in [-0.15, -0.1) is 0 Å². The normalized spacial score (nSPS) is 16.1. The second-order valence-corrected chi connectivity index (χ2v) is 7.00. The number of anilines is 1. The van der Waals surface area contributed by atoms with E-state index in [0.29, 0.717) is 18.7 Å². The lowest BCUT2D eigenvalue weighted by Gasteiger charge is -2.22. The van der Waals surface area contributed by atoms with Crippen LogP contribution in [0.15, 0.2) is 42.5 Å². The van der Waals surface area contributed by atoms with Crippen LogP contribution in [0.1, 0.15) is 18.9 Å². The van der Waals surface area contributed by atoms with Crippen LogP contribution in [0, 0.1) is 11.7 Å². The lowest BCUT2D eigenvalue weighted by Crippen LogP contribution is -2.34. The van der Waals surface area contributed by atoms with Crippen molar-refractivity contribution in [2.24, 2.45) is 5.92 Å². The van der Waals surface area contributed by atoms with Crippen molar-refractivity contribution in [2.75, 3.05) is 32.2 Å². The third-order valence-corrected chi connectivity index (χ3v) is 4.95. The smallest absolute Gasteiger partial charge is 0.228 e. The Bertz CT molecular complexity index is 885. The fraction of sp³-hybridized carbons (Fsp3) is 0.364. The Labute approximate surface area is 169 Å². The van der Waals surface area contributed by atoms with Gasteiger partial charge in [-0.1, -0.05) is 6.07 Å². The minimum atomic E-state index is -0.469. The van der Waals surface area contributed by atoms with E-state index in [1.807, 2.05) is 31.2 Å². The van der Waals surface area contributed by atoms with E-state index in [1.165, 1.54) is 24.1 Å². The Kier molecular flexibility index (Phi) is 6.36. The van der Waals surface area contributed by atoms with E-state index in [1.54, 1.807) is 18.0 Å². The van der Waals surface area contributed by atoms with Crippen molar-refractivity contribution in [1.29, 1.82) is 0 Å². The minimum Gasteiger partial charge on any atom is -0.494 e. The first kappa shape index (κ1) is 20.6. The molecular formula is C22H25FN2O4. The third-order valence-electron chi connectivity index (χ3n) is 4.95. The average molecular weight is 400 g/mol. The third kappa shape index (κ3) is 4.67. The van der Waals surface area contributed by atoms with Gasteiger partial charge in [-0.3, -0.25) is 9.59 Å². The number of halogens is 1.